The molecular weight excluding hydrogens is 500 g/mol. The van der Waals surface area contributed by atoms with Crippen molar-refractivity contribution < 1.29 is 9.18 Å². The van der Waals surface area contributed by atoms with Gasteiger partial charge in [0.1, 0.15) is 11.5 Å². The number of anilines is 1. The third kappa shape index (κ3) is 6.71. The lowest BCUT2D eigenvalue weighted by Gasteiger charge is -2.11. The maximum atomic E-state index is 13.1. The number of carbonyl (C=O) groups excluding carboxylic acids is 1. The van der Waals surface area contributed by atoms with Crippen LogP contribution in [0.5, 0.6) is 0 Å². The summed E-state index contributed by atoms with van der Waals surface area (Å²) >= 11 is 14.7. The van der Waals surface area contributed by atoms with Gasteiger partial charge >= 0.3 is 0 Å². The third-order valence-electron chi connectivity index (χ3n) is 4.37. The molecule has 9 heteroatoms. The molecule has 0 bridgehead atoms. The largest absolute Gasteiger partial charge is 0.321 e. The van der Waals surface area contributed by atoms with E-state index in [2.05, 4.69) is 15.3 Å². The van der Waals surface area contributed by atoms with Crippen molar-refractivity contribution in [1.82, 2.24) is 9.97 Å². The molecule has 0 aliphatic rings. The van der Waals surface area contributed by atoms with Crippen LogP contribution in [0.4, 0.5) is 10.1 Å². The summed E-state index contributed by atoms with van der Waals surface area (Å²) in [7, 11) is 0. The van der Waals surface area contributed by atoms with E-state index in [1.807, 2.05) is 12.1 Å². The monoisotopic (exact) mass is 515 g/mol. The summed E-state index contributed by atoms with van der Waals surface area (Å²) in [6.07, 6.45) is 1.63. The molecule has 1 amide bonds. The molecule has 33 heavy (non-hydrogen) atoms. The third-order valence-corrected chi connectivity index (χ3v) is 6.84. The molecule has 4 aromatic rings. The Bertz CT molecular complexity index is 1250. The van der Waals surface area contributed by atoms with Crippen molar-refractivity contribution in [1.29, 1.82) is 0 Å². The SMILES string of the molecule is O=C(Nc1ccc(Cl)cc1)c1nc(SCc2ccc(F)cc2)ncc1Sc1ccc(Cl)cc1. The minimum absolute atomic E-state index is 0.251. The molecule has 0 unspecified atom stereocenters. The zero-order chi connectivity index (χ0) is 23.2. The van der Waals surface area contributed by atoms with E-state index >= 15 is 0 Å². The number of rotatable bonds is 7. The van der Waals surface area contributed by atoms with Gasteiger partial charge in [0.05, 0.1) is 4.90 Å². The molecule has 0 saturated carbocycles. The van der Waals surface area contributed by atoms with E-state index in [1.165, 1.54) is 35.7 Å². The number of nitrogens with one attached hydrogen (secondary N) is 1. The van der Waals surface area contributed by atoms with Crippen molar-refractivity contribution in [3.05, 3.63) is 106 Å². The molecule has 3 aromatic carbocycles. The summed E-state index contributed by atoms with van der Waals surface area (Å²) in [5, 5.41) is 4.51. The van der Waals surface area contributed by atoms with Crippen LogP contribution in [0.15, 0.2) is 93.9 Å². The van der Waals surface area contributed by atoms with Crippen LogP contribution in [-0.2, 0) is 5.75 Å². The minimum Gasteiger partial charge on any atom is -0.321 e. The number of aromatic nitrogens is 2. The average Bonchev–Trinajstić information content (AvgIpc) is 2.82. The first-order valence-corrected chi connectivity index (χ1v) is 12.3. The Morgan fingerprint density at radius 1 is 0.909 bits per heavy atom. The normalized spacial score (nSPS) is 10.8. The summed E-state index contributed by atoms with van der Waals surface area (Å²) in [6.45, 7) is 0. The summed E-state index contributed by atoms with van der Waals surface area (Å²) in [5.41, 5.74) is 1.78. The highest BCUT2D eigenvalue weighted by Gasteiger charge is 2.17. The number of halogens is 3. The van der Waals surface area contributed by atoms with Gasteiger partial charge in [-0.05, 0) is 66.2 Å². The number of thioether (sulfide) groups is 1. The highest BCUT2D eigenvalue weighted by Crippen LogP contribution is 2.32. The van der Waals surface area contributed by atoms with Crippen molar-refractivity contribution in [3.63, 3.8) is 0 Å². The standard InChI is InChI=1S/C24H16Cl2FN3OS2/c25-16-3-9-19(10-4-16)29-23(31)22-21(33-20-11-5-17(26)6-12-20)13-28-24(30-22)32-14-15-1-7-18(27)8-2-15/h1-13H,14H2,(H,29,31). The van der Waals surface area contributed by atoms with Crippen molar-refractivity contribution in [2.24, 2.45) is 0 Å². The van der Waals surface area contributed by atoms with Crippen LogP contribution in [0.3, 0.4) is 0 Å². The second kappa shape index (κ2) is 11.0. The second-order valence-electron chi connectivity index (χ2n) is 6.80. The van der Waals surface area contributed by atoms with E-state index in [-0.39, 0.29) is 17.4 Å². The number of hydrogen-bond donors (Lipinski definition) is 1. The average molecular weight is 516 g/mol. The molecule has 0 fully saturated rings. The number of benzene rings is 3. The Kier molecular flexibility index (Phi) is 7.88. The maximum Gasteiger partial charge on any atom is 0.275 e. The van der Waals surface area contributed by atoms with Crippen molar-refractivity contribution in [2.75, 3.05) is 5.32 Å². The Morgan fingerprint density at radius 2 is 1.55 bits per heavy atom. The van der Waals surface area contributed by atoms with E-state index in [4.69, 9.17) is 23.2 Å². The molecule has 1 aromatic heterocycles. The van der Waals surface area contributed by atoms with Crippen molar-refractivity contribution in [2.45, 2.75) is 20.7 Å². The van der Waals surface area contributed by atoms with Gasteiger partial charge in [-0.1, -0.05) is 58.9 Å². The zero-order valence-corrected chi connectivity index (χ0v) is 20.1. The van der Waals surface area contributed by atoms with Crippen LogP contribution < -0.4 is 5.32 Å². The molecule has 0 aliphatic heterocycles. The first-order valence-electron chi connectivity index (χ1n) is 9.71. The summed E-state index contributed by atoms with van der Waals surface area (Å²) < 4.78 is 13.1. The second-order valence-corrected chi connectivity index (χ2v) is 9.73. The number of amides is 1. The van der Waals surface area contributed by atoms with Crippen molar-refractivity contribution in [3.8, 4) is 0 Å². The van der Waals surface area contributed by atoms with Crippen molar-refractivity contribution >= 4 is 58.3 Å². The van der Waals surface area contributed by atoms with Gasteiger partial charge in [-0.2, -0.15) is 0 Å². The Hall–Kier alpha value is -2.58. The fraction of sp³-hybridized carbons (Fsp3) is 0.0417. The molecular formula is C24H16Cl2FN3OS2. The first kappa shape index (κ1) is 23.6. The highest BCUT2D eigenvalue weighted by atomic mass is 35.5. The molecule has 1 N–H and O–H groups in total. The molecule has 166 valence electrons. The van der Waals surface area contributed by atoms with Gasteiger partial charge in [0.2, 0.25) is 0 Å². The van der Waals surface area contributed by atoms with Crippen LogP contribution in [0.1, 0.15) is 16.1 Å². The summed E-state index contributed by atoms with van der Waals surface area (Å²) in [5.74, 6) is -0.105. The van der Waals surface area contributed by atoms with E-state index in [9.17, 15) is 9.18 Å². The van der Waals surface area contributed by atoms with Crippen LogP contribution in [-0.4, -0.2) is 15.9 Å². The lowest BCUT2D eigenvalue weighted by atomic mass is 10.2. The van der Waals surface area contributed by atoms with Gasteiger partial charge in [0.25, 0.3) is 5.91 Å². The molecule has 0 spiro atoms. The molecule has 0 radical (unpaired) electrons. The molecule has 0 saturated heterocycles. The Morgan fingerprint density at radius 3 is 2.21 bits per heavy atom. The first-order chi connectivity index (χ1) is 16.0. The molecule has 0 aliphatic carbocycles. The fourth-order valence-electron chi connectivity index (χ4n) is 2.74. The van der Waals surface area contributed by atoms with Crippen LogP contribution >= 0.6 is 46.7 Å². The van der Waals surface area contributed by atoms with E-state index in [1.54, 1.807) is 54.7 Å². The molecule has 1 heterocycles. The lowest BCUT2D eigenvalue weighted by Crippen LogP contribution is -2.15. The zero-order valence-electron chi connectivity index (χ0n) is 17.0. The summed E-state index contributed by atoms with van der Waals surface area (Å²) in [6, 6.07) is 20.4. The van der Waals surface area contributed by atoms with Gasteiger partial charge in [-0.3, -0.25) is 4.79 Å². The number of carbonyl (C=O) groups is 1. The molecule has 4 rings (SSSR count). The van der Waals surface area contributed by atoms with Gasteiger partial charge in [-0.15, -0.1) is 0 Å². The highest BCUT2D eigenvalue weighted by molar-refractivity contribution is 7.99. The van der Waals surface area contributed by atoms with E-state index < -0.39 is 0 Å². The minimum atomic E-state index is -0.361. The van der Waals surface area contributed by atoms with Gasteiger partial charge in [-0.25, -0.2) is 14.4 Å². The molecule has 4 nitrogen and oxygen atoms in total. The number of hydrogen-bond acceptors (Lipinski definition) is 5. The van der Waals surface area contributed by atoms with Gasteiger partial charge in [0.15, 0.2) is 5.16 Å². The quantitative estimate of drug-likeness (QED) is 0.202. The Labute approximate surface area is 209 Å². The van der Waals surface area contributed by atoms with Gasteiger partial charge < -0.3 is 5.32 Å². The maximum absolute atomic E-state index is 13.1. The van der Waals surface area contributed by atoms with Crippen LogP contribution in [0.25, 0.3) is 0 Å². The summed E-state index contributed by atoms with van der Waals surface area (Å²) in [4.78, 5) is 23.6. The van der Waals surface area contributed by atoms with Crippen LogP contribution in [0, 0.1) is 5.82 Å². The van der Waals surface area contributed by atoms with Crippen LogP contribution in [0.2, 0.25) is 10.0 Å². The predicted molar refractivity (Wildman–Crippen MR) is 133 cm³/mol. The van der Waals surface area contributed by atoms with E-state index in [0.29, 0.717) is 31.5 Å². The predicted octanol–water partition coefficient (Wildman–Crippen LogP) is 7.62. The molecule has 0 atom stereocenters. The fourth-order valence-corrected chi connectivity index (χ4v) is 4.63. The Balaban J connectivity index is 1.58. The smallest absolute Gasteiger partial charge is 0.275 e. The van der Waals surface area contributed by atoms with E-state index in [0.717, 1.165) is 10.5 Å². The van der Waals surface area contributed by atoms with Gasteiger partial charge in [0, 0.05) is 32.6 Å². The number of nitrogens with zero attached hydrogens (tertiary/aromatic N) is 2. The lowest BCUT2D eigenvalue weighted by molar-refractivity contribution is 0.101. The topological polar surface area (TPSA) is 54.9 Å².